The zero-order valence-corrected chi connectivity index (χ0v) is 12.9. The van der Waals surface area contributed by atoms with Crippen LogP contribution in [-0.4, -0.2) is 39.8 Å². The standard InChI is InChI=1S/C13H15BrN4S/c14-12-4-2-1-3-11(12)10-17-5-7-18(8-6-17)13-9-15-19-16-13/h1-4,9H,5-8,10H2. The summed E-state index contributed by atoms with van der Waals surface area (Å²) < 4.78 is 9.55. The van der Waals surface area contributed by atoms with E-state index in [0.717, 1.165) is 38.5 Å². The Kier molecular flexibility index (Phi) is 4.10. The van der Waals surface area contributed by atoms with Gasteiger partial charge in [-0.3, -0.25) is 4.90 Å². The Bertz CT molecular complexity index is 523. The zero-order valence-electron chi connectivity index (χ0n) is 10.5. The lowest BCUT2D eigenvalue weighted by Crippen LogP contribution is -2.46. The molecule has 0 atom stereocenters. The summed E-state index contributed by atoms with van der Waals surface area (Å²) in [7, 11) is 0. The number of halogens is 1. The van der Waals surface area contributed by atoms with E-state index in [1.807, 2.05) is 6.20 Å². The highest BCUT2D eigenvalue weighted by atomic mass is 79.9. The Morgan fingerprint density at radius 2 is 1.95 bits per heavy atom. The zero-order chi connectivity index (χ0) is 13.1. The quantitative estimate of drug-likeness (QED) is 0.861. The Balaban J connectivity index is 1.57. The van der Waals surface area contributed by atoms with Crippen LogP contribution in [0.5, 0.6) is 0 Å². The highest BCUT2D eigenvalue weighted by Gasteiger charge is 2.19. The molecule has 2 aromatic rings. The first-order chi connectivity index (χ1) is 9.33. The molecule has 1 fully saturated rings. The van der Waals surface area contributed by atoms with Gasteiger partial charge >= 0.3 is 0 Å². The Morgan fingerprint density at radius 3 is 2.63 bits per heavy atom. The monoisotopic (exact) mass is 338 g/mol. The van der Waals surface area contributed by atoms with E-state index >= 15 is 0 Å². The summed E-state index contributed by atoms with van der Waals surface area (Å²) >= 11 is 4.89. The van der Waals surface area contributed by atoms with Crippen LogP contribution >= 0.6 is 27.7 Å². The maximum atomic E-state index is 4.29. The maximum absolute atomic E-state index is 4.29. The van der Waals surface area contributed by atoms with Crippen molar-refractivity contribution in [2.75, 3.05) is 31.1 Å². The number of anilines is 1. The molecule has 0 radical (unpaired) electrons. The van der Waals surface area contributed by atoms with Gasteiger partial charge in [-0.2, -0.15) is 8.75 Å². The molecule has 0 saturated carbocycles. The van der Waals surface area contributed by atoms with Gasteiger partial charge in [-0.25, -0.2) is 0 Å². The molecule has 19 heavy (non-hydrogen) atoms. The summed E-state index contributed by atoms with van der Waals surface area (Å²) in [6.45, 7) is 5.19. The van der Waals surface area contributed by atoms with Crippen molar-refractivity contribution in [2.24, 2.45) is 0 Å². The van der Waals surface area contributed by atoms with Crippen LogP contribution < -0.4 is 4.90 Å². The fraction of sp³-hybridized carbons (Fsp3) is 0.385. The van der Waals surface area contributed by atoms with Gasteiger partial charge in [0.15, 0.2) is 5.82 Å². The summed E-state index contributed by atoms with van der Waals surface area (Å²) in [4.78, 5) is 4.79. The van der Waals surface area contributed by atoms with Crippen molar-refractivity contribution in [1.82, 2.24) is 13.6 Å². The first-order valence-electron chi connectivity index (χ1n) is 6.31. The van der Waals surface area contributed by atoms with E-state index in [-0.39, 0.29) is 0 Å². The average molecular weight is 339 g/mol. The molecule has 0 aliphatic carbocycles. The number of hydrogen-bond acceptors (Lipinski definition) is 5. The van der Waals surface area contributed by atoms with Gasteiger partial charge in [-0.1, -0.05) is 34.1 Å². The van der Waals surface area contributed by atoms with E-state index in [4.69, 9.17) is 0 Å². The van der Waals surface area contributed by atoms with Crippen LogP contribution in [-0.2, 0) is 6.54 Å². The van der Waals surface area contributed by atoms with E-state index in [2.05, 4.69) is 58.7 Å². The number of hydrogen-bond donors (Lipinski definition) is 0. The van der Waals surface area contributed by atoms with Crippen LogP contribution in [0.15, 0.2) is 34.9 Å². The van der Waals surface area contributed by atoms with Gasteiger partial charge in [0.05, 0.1) is 17.9 Å². The van der Waals surface area contributed by atoms with E-state index in [1.54, 1.807) is 0 Å². The largest absolute Gasteiger partial charge is 0.352 e. The van der Waals surface area contributed by atoms with Crippen LogP contribution in [0.3, 0.4) is 0 Å². The van der Waals surface area contributed by atoms with Crippen LogP contribution in [0, 0.1) is 0 Å². The molecule has 1 saturated heterocycles. The molecule has 1 aromatic carbocycles. The molecule has 3 rings (SSSR count). The van der Waals surface area contributed by atoms with Gasteiger partial charge in [-0.05, 0) is 11.6 Å². The maximum Gasteiger partial charge on any atom is 0.162 e. The van der Waals surface area contributed by atoms with Gasteiger partial charge in [0.1, 0.15) is 0 Å². The highest BCUT2D eigenvalue weighted by Crippen LogP contribution is 2.19. The van der Waals surface area contributed by atoms with E-state index < -0.39 is 0 Å². The highest BCUT2D eigenvalue weighted by molar-refractivity contribution is 9.10. The van der Waals surface area contributed by atoms with Crippen molar-refractivity contribution in [1.29, 1.82) is 0 Å². The van der Waals surface area contributed by atoms with E-state index in [1.165, 1.54) is 21.8 Å². The average Bonchev–Trinajstić information content (AvgIpc) is 2.96. The molecule has 1 aromatic heterocycles. The number of piperazine rings is 1. The molecule has 0 bridgehead atoms. The Hall–Kier alpha value is -0.980. The molecule has 4 nitrogen and oxygen atoms in total. The summed E-state index contributed by atoms with van der Waals surface area (Å²) in [5.74, 6) is 1.02. The summed E-state index contributed by atoms with van der Waals surface area (Å²) in [6, 6.07) is 8.44. The topological polar surface area (TPSA) is 32.3 Å². The minimum atomic E-state index is 1.00. The van der Waals surface area contributed by atoms with Gasteiger partial charge in [0.2, 0.25) is 0 Å². The summed E-state index contributed by atoms with van der Waals surface area (Å²) in [5, 5.41) is 0. The molecule has 1 aliphatic rings. The van der Waals surface area contributed by atoms with Crippen molar-refractivity contribution < 1.29 is 0 Å². The SMILES string of the molecule is Brc1ccccc1CN1CCN(c2cnsn2)CC1. The van der Waals surface area contributed by atoms with Crippen molar-refractivity contribution in [2.45, 2.75) is 6.54 Å². The predicted molar refractivity (Wildman–Crippen MR) is 81.5 cm³/mol. The first-order valence-corrected chi connectivity index (χ1v) is 7.83. The molecule has 6 heteroatoms. The molecule has 0 N–H and O–H groups in total. The molecule has 0 spiro atoms. The van der Waals surface area contributed by atoms with Crippen molar-refractivity contribution in [3.05, 3.63) is 40.5 Å². The van der Waals surface area contributed by atoms with Crippen molar-refractivity contribution in [3.8, 4) is 0 Å². The number of nitrogens with zero attached hydrogens (tertiary/aromatic N) is 4. The van der Waals surface area contributed by atoms with Gasteiger partial charge in [0.25, 0.3) is 0 Å². The smallest absolute Gasteiger partial charge is 0.162 e. The van der Waals surface area contributed by atoms with Crippen molar-refractivity contribution >= 4 is 33.5 Å². The normalized spacial score (nSPS) is 16.8. The number of aromatic nitrogens is 2. The lowest BCUT2D eigenvalue weighted by atomic mass is 10.2. The second kappa shape index (κ2) is 5.98. The summed E-state index contributed by atoms with van der Waals surface area (Å²) in [6.07, 6.45) is 1.86. The first kappa shape index (κ1) is 13.0. The van der Waals surface area contributed by atoms with E-state index in [0.29, 0.717) is 0 Å². The lowest BCUT2D eigenvalue weighted by Gasteiger charge is -2.34. The van der Waals surface area contributed by atoms with Gasteiger partial charge < -0.3 is 4.90 Å². The number of rotatable bonds is 3. The van der Waals surface area contributed by atoms with Gasteiger partial charge in [-0.15, -0.1) is 0 Å². The predicted octanol–water partition coefficient (Wildman–Crippen LogP) is 2.62. The van der Waals surface area contributed by atoms with Crippen LogP contribution in [0.2, 0.25) is 0 Å². The third-order valence-corrected chi connectivity index (χ3v) is 4.64. The van der Waals surface area contributed by atoms with E-state index in [9.17, 15) is 0 Å². The lowest BCUT2D eigenvalue weighted by molar-refractivity contribution is 0.249. The number of benzene rings is 1. The molecule has 1 aliphatic heterocycles. The molecule has 100 valence electrons. The summed E-state index contributed by atoms with van der Waals surface area (Å²) in [5.41, 5.74) is 1.35. The fourth-order valence-corrected chi connectivity index (χ4v) is 3.15. The molecular formula is C13H15BrN4S. The van der Waals surface area contributed by atoms with Crippen molar-refractivity contribution in [3.63, 3.8) is 0 Å². The van der Waals surface area contributed by atoms with Crippen LogP contribution in [0.1, 0.15) is 5.56 Å². The minimum absolute atomic E-state index is 1.00. The Labute approximate surface area is 125 Å². The third-order valence-electron chi connectivity index (χ3n) is 3.40. The van der Waals surface area contributed by atoms with Crippen LogP contribution in [0.25, 0.3) is 0 Å². The molecular weight excluding hydrogens is 324 g/mol. The third kappa shape index (κ3) is 3.13. The molecule has 0 unspecified atom stereocenters. The second-order valence-electron chi connectivity index (χ2n) is 4.62. The second-order valence-corrected chi connectivity index (χ2v) is 6.03. The minimum Gasteiger partial charge on any atom is -0.352 e. The fourth-order valence-electron chi connectivity index (χ4n) is 2.30. The Morgan fingerprint density at radius 1 is 1.16 bits per heavy atom. The van der Waals surface area contributed by atoms with Gasteiger partial charge in [0, 0.05) is 37.2 Å². The van der Waals surface area contributed by atoms with Crippen LogP contribution in [0.4, 0.5) is 5.82 Å². The molecule has 2 heterocycles. The molecule has 0 amide bonds.